The molecule has 2 aromatic heterocycles. The summed E-state index contributed by atoms with van der Waals surface area (Å²) in [5.74, 6) is 0.187. The largest absolute Gasteiger partial charge is 0.408 e. The number of halogens is 2. The van der Waals surface area contributed by atoms with Gasteiger partial charge in [-0.05, 0) is 28.4 Å². The Morgan fingerprint density at radius 3 is 2.66 bits per heavy atom. The molecule has 0 amide bonds. The van der Waals surface area contributed by atoms with E-state index >= 15 is 0 Å². The molecule has 0 saturated heterocycles. The number of rotatable bonds is 7. The fraction of sp³-hybridized carbons (Fsp3) is 0.188. The van der Waals surface area contributed by atoms with Crippen molar-refractivity contribution in [1.82, 2.24) is 19.7 Å². The average Bonchev–Trinajstić information content (AvgIpc) is 3.10. The van der Waals surface area contributed by atoms with Crippen LogP contribution in [0.3, 0.4) is 0 Å². The van der Waals surface area contributed by atoms with Gasteiger partial charge in [0.15, 0.2) is 5.82 Å². The van der Waals surface area contributed by atoms with Gasteiger partial charge in [0.25, 0.3) is 0 Å². The van der Waals surface area contributed by atoms with E-state index in [1.54, 1.807) is 12.1 Å². The van der Waals surface area contributed by atoms with E-state index < -0.39 is 10.7 Å². The molecular weight excluding hydrogens is 390 g/mol. The van der Waals surface area contributed by atoms with Crippen molar-refractivity contribution in [3.05, 3.63) is 59.3 Å². The van der Waals surface area contributed by atoms with Gasteiger partial charge in [0.2, 0.25) is 5.95 Å². The highest BCUT2D eigenvalue weighted by Gasteiger charge is 2.35. The molecule has 7 nitrogen and oxygen atoms in total. The summed E-state index contributed by atoms with van der Waals surface area (Å²) in [5.41, 5.74) is 1.11. The predicted molar refractivity (Wildman–Crippen MR) is 112 cm³/mol. The van der Waals surface area contributed by atoms with Gasteiger partial charge in [-0.15, -0.1) is 0 Å². The van der Waals surface area contributed by atoms with Gasteiger partial charge in [-0.25, -0.2) is 9.37 Å². The first-order chi connectivity index (χ1) is 13.6. The Kier molecular flexibility index (Phi) is 5.95. The number of aromatic nitrogens is 4. The van der Waals surface area contributed by atoms with E-state index in [4.69, 9.17) is 43.0 Å². The minimum atomic E-state index is -2.42. The highest BCUT2D eigenvalue weighted by molar-refractivity contribution is 6.52. The molecule has 138 valence electrons. The molecule has 3 rings (SSSR count). The summed E-state index contributed by atoms with van der Waals surface area (Å²) in [6, 6.07) is 6.13. The first-order valence-electron chi connectivity index (χ1n) is 8.27. The maximum atomic E-state index is 13.3. The van der Waals surface area contributed by atoms with E-state index in [1.807, 2.05) is 0 Å². The standard InChI is InChI=1S/C16H12B4ClFN6O/c17-15(18,16(19,20)29)28-8-11(6-25-28)26-14-24-7-12(21)13(27-14)23-5-9-2-1-3-10(22)4-9/h1-4,6-8,29H,5H2,(H2,23,24,26,27). The van der Waals surface area contributed by atoms with E-state index in [1.165, 1.54) is 30.7 Å². The van der Waals surface area contributed by atoms with Crippen molar-refractivity contribution in [2.45, 2.75) is 17.3 Å². The van der Waals surface area contributed by atoms with Crippen LogP contribution in [0.25, 0.3) is 0 Å². The van der Waals surface area contributed by atoms with Gasteiger partial charge in [0.05, 0.1) is 33.8 Å². The number of hydrogen-bond donors (Lipinski definition) is 3. The lowest BCUT2D eigenvalue weighted by molar-refractivity contribution is 0.156. The van der Waals surface area contributed by atoms with Gasteiger partial charge >= 0.3 is 0 Å². The SMILES string of the molecule is [B]C([B])(O)C([B])([B])n1cc(Nc2ncc(Cl)c(NCc3cccc(F)c3)n2)cn1. The maximum absolute atomic E-state index is 13.3. The van der Waals surface area contributed by atoms with Crippen LogP contribution >= 0.6 is 11.6 Å². The first kappa shape index (κ1) is 21.3. The molecule has 0 fully saturated rings. The second-order valence-electron chi connectivity index (χ2n) is 6.32. The predicted octanol–water partition coefficient (Wildman–Crippen LogP) is 0.752. The van der Waals surface area contributed by atoms with Gasteiger partial charge in [-0.1, -0.05) is 23.7 Å². The summed E-state index contributed by atoms with van der Waals surface area (Å²) in [5, 5.41) is 15.3. The number of aliphatic hydroxyl groups is 1. The fourth-order valence-corrected chi connectivity index (χ4v) is 2.44. The second kappa shape index (κ2) is 8.12. The smallest absolute Gasteiger partial charge is 0.229 e. The van der Waals surface area contributed by atoms with Crippen LogP contribution in [0.4, 0.5) is 21.8 Å². The van der Waals surface area contributed by atoms with Crippen LogP contribution in [0.15, 0.2) is 42.9 Å². The number of nitrogens with one attached hydrogen (secondary N) is 2. The van der Waals surface area contributed by atoms with Crippen LogP contribution in [0.2, 0.25) is 5.02 Å². The zero-order chi connectivity index (χ0) is 21.2. The second-order valence-corrected chi connectivity index (χ2v) is 6.73. The quantitative estimate of drug-likeness (QED) is 0.506. The van der Waals surface area contributed by atoms with Crippen LogP contribution < -0.4 is 10.6 Å². The first-order valence-corrected chi connectivity index (χ1v) is 8.65. The topological polar surface area (TPSA) is 87.9 Å². The Bertz CT molecular complexity index is 1010. The van der Waals surface area contributed by atoms with Crippen molar-refractivity contribution in [2.24, 2.45) is 0 Å². The van der Waals surface area contributed by atoms with Crippen molar-refractivity contribution in [2.75, 3.05) is 10.6 Å². The summed E-state index contributed by atoms with van der Waals surface area (Å²) in [4.78, 5) is 8.34. The lowest BCUT2D eigenvalue weighted by Crippen LogP contribution is -2.58. The van der Waals surface area contributed by atoms with Crippen LogP contribution in [-0.4, -0.2) is 61.6 Å². The molecule has 8 radical (unpaired) electrons. The molecule has 0 unspecified atom stereocenters. The van der Waals surface area contributed by atoms with Crippen LogP contribution in [-0.2, 0) is 11.9 Å². The molecule has 0 bridgehead atoms. The Balaban J connectivity index is 1.73. The minimum absolute atomic E-state index is 0.186. The highest BCUT2D eigenvalue weighted by atomic mass is 35.5. The molecule has 2 heterocycles. The van der Waals surface area contributed by atoms with Gasteiger partial charge in [0, 0.05) is 12.7 Å². The van der Waals surface area contributed by atoms with Gasteiger partial charge < -0.3 is 15.7 Å². The Hall–Kier alpha value is -2.45. The maximum Gasteiger partial charge on any atom is 0.229 e. The normalized spacial score (nSPS) is 12.0. The van der Waals surface area contributed by atoms with Crippen molar-refractivity contribution >= 4 is 60.4 Å². The van der Waals surface area contributed by atoms with Gasteiger partial charge in [0.1, 0.15) is 26.5 Å². The molecule has 1 aromatic carbocycles. The molecule has 0 aliphatic rings. The molecule has 0 aliphatic carbocycles. The molecule has 13 heteroatoms. The monoisotopic (exact) mass is 402 g/mol. The van der Waals surface area contributed by atoms with Crippen LogP contribution in [0, 0.1) is 5.82 Å². The molecule has 0 spiro atoms. The molecule has 0 aliphatic heterocycles. The van der Waals surface area contributed by atoms with E-state index in [-0.39, 0.29) is 16.8 Å². The summed E-state index contributed by atoms with van der Waals surface area (Å²) in [6.45, 7) is 0.306. The highest BCUT2D eigenvalue weighted by Crippen LogP contribution is 2.24. The van der Waals surface area contributed by atoms with Gasteiger partial charge in [-0.3, -0.25) is 4.68 Å². The molecule has 29 heavy (non-hydrogen) atoms. The molecule has 0 atom stereocenters. The average molecular weight is 402 g/mol. The van der Waals surface area contributed by atoms with Crippen molar-refractivity contribution < 1.29 is 9.50 Å². The van der Waals surface area contributed by atoms with Crippen molar-refractivity contribution in [1.29, 1.82) is 0 Å². The van der Waals surface area contributed by atoms with Crippen LogP contribution in [0.1, 0.15) is 5.56 Å². The molecule has 3 aromatic rings. The zero-order valence-electron chi connectivity index (χ0n) is 15.0. The lowest BCUT2D eigenvalue weighted by atomic mass is 9.40. The van der Waals surface area contributed by atoms with Gasteiger partial charge in [-0.2, -0.15) is 10.1 Å². The molecular formula is C16H12B4ClFN6O. The zero-order valence-corrected chi connectivity index (χ0v) is 15.8. The third-order valence-corrected chi connectivity index (χ3v) is 4.23. The van der Waals surface area contributed by atoms with Crippen LogP contribution in [0.5, 0.6) is 0 Å². The van der Waals surface area contributed by atoms with E-state index in [0.29, 0.717) is 23.6 Å². The third-order valence-electron chi connectivity index (χ3n) is 3.95. The van der Waals surface area contributed by atoms with E-state index in [0.717, 1.165) is 4.68 Å². The number of hydrogen-bond acceptors (Lipinski definition) is 6. The molecule has 0 saturated carbocycles. The number of anilines is 3. The van der Waals surface area contributed by atoms with E-state index in [9.17, 15) is 9.50 Å². The summed E-state index contributed by atoms with van der Waals surface area (Å²) in [7, 11) is 22.2. The molecule has 3 N–H and O–H groups in total. The van der Waals surface area contributed by atoms with Crippen molar-refractivity contribution in [3.8, 4) is 0 Å². The third kappa shape index (κ3) is 4.94. The Morgan fingerprint density at radius 1 is 1.21 bits per heavy atom. The summed E-state index contributed by atoms with van der Waals surface area (Å²) < 4.78 is 14.3. The fourth-order valence-electron chi connectivity index (χ4n) is 2.29. The van der Waals surface area contributed by atoms with Crippen molar-refractivity contribution in [3.63, 3.8) is 0 Å². The van der Waals surface area contributed by atoms with E-state index in [2.05, 4.69) is 25.7 Å². The Morgan fingerprint density at radius 2 is 1.97 bits per heavy atom. The lowest BCUT2D eigenvalue weighted by Gasteiger charge is -2.40. The number of nitrogens with zero attached hydrogens (tertiary/aromatic N) is 4. The minimum Gasteiger partial charge on any atom is -0.408 e. The summed E-state index contributed by atoms with van der Waals surface area (Å²) in [6.07, 6.45) is 4.12. The summed E-state index contributed by atoms with van der Waals surface area (Å²) >= 11 is 6.12. The Labute approximate surface area is 177 Å². The number of benzene rings is 1.